The molecule has 0 aromatic heterocycles. The number of benzene rings is 3. The van der Waals surface area contributed by atoms with Crippen molar-refractivity contribution in [3.63, 3.8) is 0 Å². The third-order valence-electron chi connectivity index (χ3n) is 4.76. The average molecular weight is 371 g/mol. The van der Waals surface area contributed by atoms with Crippen LogP contribution in [0.15, 0.2) is 90.7 Å². The van der Waals surface area contributed by atoms with Gasteiger partial charge in [-0.2, -0.15) is 0 Å². The average Bonchev–Trinajstić information content (AvgIpc) is 3.04. The number of hydrogen-bond donors (Lipinski definition) is 0. The van der Waals surface area contributed by atoms with Gasteiger partial charge in [-0.1, -0.05) is 72.8 Å². The number of cyclic esters (lactones) is 1. The zero-order valence-electron chi connectivity index (χ0n) is 15.6. The predicted octanol–water partition coefficient (Wildman–Crippen LogP) is 5.43. The van der Waals surface area contributed by atoms with Gasteiger partial charge in [-0.3, -0.25) is 4.90 Å². The van der Waals surface area contributed by atoms with Gasteiger partial charge in [0.15, 0.2) is 0 Å². The van der Waals surface area contributed by atoms with Crippen LogP contribution in [0, 0.1) is 0 Å². The highest BCUT2D eigenvalue weighted by Crippen LogP contribution is 2.39. The second-order valence-corrected chi connectivity index (χ2v) is 6.61. The predicted molar refractivity (Wildman–Crippen MR) is 109 cm³/mol. The molecule has 0 saturated carbocycles. The maximum Gasteiger partial charge on any atom is 0.416 e. The first-order valence-electron chi connectivity index (χ1n) is 9.17. The number of carbonyl (C=O) groups excluding carboxylic acids is 1. The SMILES string of the molecule is COc1ccc([C@@H]2/C(=C/c3ccccc3)OC(=O)N2Cc2ccccc2)cc1. The summed E-state index contributed by atoms with van der Waals surface area (Å²) in [6, 6.07) is 27.3. The Bertz CT molecular complexity index is 966. The van der Waals surface area contributed by atoms with Crippen LogP contribution in [0.2, 0.25) is 0 Å². The van der Waals surface area contributed by atoms with Crippen LogP contribution in [0.5, 0.6) is 5.75 Å². The van der Waals surface area contributed by atoms with Crippen LogP contribution in [0.25, 0.3) is 6.08 Å². The van der Waals surface area contributed by atoms with E-state index in [9.17, 15) is 4.79 Å². The summed E-state index contributed by atoms with van der Waals surface area (Å²) in [7, 11) is 1.64. The molecule has 140 valence electrons. The summed E-state index contributed by atoms with van der Waals surface area (Å²) in [6.07, 6.45) is 1.59. The first kappa shape index (κ1) is 17.9. The van der Waals surface area contributed by atoms with Crippen molar-refractivity contribution in [2.45, 2.75) is 12.6 Å². The lowest BCUT2D eigenvalue weighted by Crippen LogP contribution is -2.26. The van der Waals surface area contributed by atoms with Crippen molar-refractivity contribution in [2.75, 3.05) is 7.11 Å². The molecule has 0 spiro atoms. The van der Waals surface area contributed by atoms with E-state index in [0.717, 1.165) is 22.4 Å². The van der Waals surface area contributed by atoms with Crippen LogP contribution in [-0.2, 0) is 11.3 Å². The largest absolute Gasteiger partial charge is 0.497 e. The molecule has 0 bridgehead atoms. The highest BCUT2D eigenvalue weighted by molar-refractivity contribution is 5.76. The summed E-state index contributed by atoms with van der Waals surface area (Å²) in [5.74, 6) is 1.40. The Morgan fingerprint density at radius 1 is 0.929 bits per heavy atom. The third kappa shape index (κ3) is 3.76. The van der Waals surface area contributed by atoms with Gasteiger partial charge in [0.1, 0.15) is 17.6 Å². The minimum atomic E-state index is -0.341. The molecule has 3 aromatic carbocycles. The van der Waals surface area contributed by atoms with Crippen molar-refractivity contribution >= 4 is 12.2 Å². The van der Waals surface area contributed by atoms with Crippen LogP contribution < -0.4 is 4.74 Å². The van der Waals surface area contributed by atoms with Gasteiger partial charge in [0.2, 0.25) is 0 Å². The van der Waals surface area contributed by atoms with Crippen molar-refractivity contribution in [1.29, 1.82) is 0 Å². The molecule has 28 heavy (non-hydrogen) atoms. The number of methoxy groups -OCH3 is 1. The standard InChI is InChI=1S/C24H21NO3/c1-27-21-14-12-20(13-15-21)23-22(16-18-8-4-2-5-9-18)28-24(26)25(23)17-19-10-6-3-7-11-19/h2-16,23H,17H2,1H3/b22-16-/t23-/m1/s1. The Labute approximate surface area is 164 Å². The van der Waals surface area contributed by atoms with E-state index in [2.05, 4.69) is 0 Å². The van der Waals surface area contributed by atoms with Crippen molar-refractivity contribution in [1.82, 2.24) is 4.90 Å². The number of amides is 1. The Balaban J connectivity index is 1.73. The van der Waals surface area contributed by atoms with Crippen LogP contribution in [-0.4, -0.2) is 18.1 Å². The van der Waals surface area contributed by atoms with Crippen molar-refractivity contribution in [3.05, 3.63) is 107 Å². The molecule has 0 aliphatic carbocycles. The summed E-state index contributed by atoms with van der Waals surface area (Å²) in [6.45, 7) is 0.475. The van der Waals surface area contributed by atoms with E-state index in [1.807, 2.05) is 91.0 Å². The fraction of sp³-hybridized carbons (Fsp3) is 0.125. The van der Waals surface area contributed by atoms with Gasteiger partial charge in [-0.25, -0.2) is 4.79 Å². The lowest BCUT2D eigenvalue weighted by molar-refractivity contribution is 0.163. The lowest BCUT2D eigenvalue weighted by Gasteiger charge is -2.22. The molecule has 1 aliphatic rings. The maximum atomic E-state index is 12.7. The fourth-order valence-corrected chi connectivity index (χ4v) is 3.36. The molecular weight excluding hydrogens is 350 g/mol. The molecule has 0 unspecified atom stereocenters. The van der Waals surface area contributed by atoms with Crippen LogP contribution >= 0.6 is 0 Å². The number of carbonyl (C=O) groups is 1. The third-order valence-corrected chi connectivity index (χ3v) is 4.76. The van der Waals surface area contributed by atoms with E-state index in [1.165, 1.54) is 0 Å². The first-order chi connectivity index (χ1) is 13.7. The molecule has 4 heteroatoms. The van der Waals surface area contributed by atoms with Gasteiger partial charge in [0, 0.05) is 0 Å². The number of rotatable bonds is 5. The molecule has 0 N–H and O–H groups in total. The van der Waals surface area contributed by atoms with Crippen LogP contribution in [0.1, 0.15) is 22.7 Å². The Morgan fingerprint density at radius 2 is 1.57 bits per heavy atom. The molecule has 1 saturated heterocycles. The topological polar surface area (TPSA) is 38.8 Å². The minimum Gasteiger partial charge on any atom is -0.497 e. The summed E-state index contributed by atoms with van der Waals surface area (Å²) < 4.78 is 11.0. The van der Waals surface area contributed by atoms with E-state index < -0.39 is 0 Å². The smallest absolute Gasteiger partial charge is 0.416 e. The second kappa shape index (κ2) is 8.01. The quantitative estimate of drug-likeness (QED) is 0.600. The Hall–Kier alpha value is -3.53. The molecule has 1 atom stereocenters. The van der Waals surface area contributed by atoms with Gasteiger partial charge in [0.05, 0.1) is 13.7 Å². The monoisotopic (exact) mass is 371 g/mol. The minimum absolute atomic E-state index is 0.293. The number of hydrogen-bond acceptors (Lipinski definition) is 3. The Morgan fingerprint density at radius 3 is 2.21 bits per heavy atom. The second-order valence-electron chi connectivity index (χ2n) is 6.61. The highest BCUT2D eigenvalue weighted by Gasteiger charge is 2.38. The van der Waals surface area contributed by atoms with Crippen molar-refractivity contribution in [3.8, 4) is 5.75 Å². The summed E-state index contributed by atoms with van der Waals surface area (Å²) in [4.78, 5) is 14.5. The normalized spacial score (nSPS) is 17.6. The number of nitrogens with zero attached hydrogens (tertiary/aromatic N) is 1. The van der Waals surface area contributed by atoms with Crippen LogP contribution in [0.3, 0.4) is 0 Å². The summed E-state index contributed by atoms with van der Waals surface area (Å²) in [5.41, 5.74) is 3.02. The molecule has 1 aliphatic heterocycles. The molecule has 4 rings (SSSR count). The van der Waals surface area contributed by atoms with Gasteiger partial charge >= 0.3 is 6.09 Å². The summed E-state index contributed by atoms with van der Waals surface area (Å²) in [5, 5.41) is 0. The molecule has 1 fully saturated rings. The lowest BCUT2D eigenvalue weighted by atomic mass is 10.0. The van der Waals surface area contributed by atoms with Crippen LogP contribution in [0.4, 0.5) is 4.79 Å². The van der Waals surface area contributed by atoms with Gasteiger partial charge in [-0.05, 0) is 34.9 Å². The Kier molecular flexibility index (Phi) is 5.11. The van der Waals surface area contributed by atoms with E-state index in [1.54, 1.807) is 12.0 Å². The molecular formula is C24H21NO3. The van der Waals surface area contributed by atoms with E-state index in [0.29, 0.717) is 12.3 Å². The fourth-order valence-electron chi connectivity index (χ4n) is 3.36. The van der Waals surface area contributed by atoms with E-state index in [4.69, 9.17) is 9.47 Å². The van der Waals surface area contributed by atoms with Gasteiger partial charge in [-0.15, -0.1) is 0 Å². The first-order valence-corrected chi connectivity index (χ1v) is 9.17. The zero-order valence-corrected chi connectivity index (χ0v) is 15.6. The van der Waals surface area contributed by atoms with Gasteiger partial charge < -0.3 is 9.47 Å². The maximum absolute atomic E-state index is 12.7. The van der Waals surface area contributed by atoms with E-state index >= 15 is 0 Å². The van der Waals surface area contributed by atoms with Gasteiger partial charge in [0.25, 0.3) is 0 Å². The number of ether oxygens (including phenoxy) is 2. The highest BCUT2D eigenvalue weighted by atomic mass is 16.6. The van der Waals surface area contributed by atoms with Crippen molar-refractivity contribution in [2.24, 2.45) is 0 Å². The van der Waals surface area contributed by atoms with Crippen molar-refractivity contribution < 1.29 is 14.3 Å². The molecule has 1 heterocycles. The zero-order chi connectivity index (χ0) is 19.3. The molecule has 3 aromatic rings. The molecule has 0 radical (unpaired) electrons. The molecule has 1 amide bonds. The summed E-state index contributed by atoms with van der Waals surface area (Å²) >= 11 is 0. The molecule has 4 nitrogen and oxygen atoms in total. The van der Waals surface area contributed by atoms with E-state index in [-0.39, 0.29) is 12.1 Å².